The van der Waals surface area contributed by atoms with Crippen LogP contribution >= 0.6 is 11.6 Å². The lowest BCUT2D eigenvalue weighted by Gasteiger charge is -2.23. The zero-order chi connectivity index (χ0) is 14.7. The van der Waals surface area contributed by atoms with Gasteiger partial charge in [-0.05, 0) is 44.9 Å². The average Bonchev–Trinajstić information content (AvgIpc) is 2.93. The van der Waals surface area contributed by atoms with Crippen LogP contribution in [0.15, 0.2) is 18.2 Å². The molecule has 1 saturated heterocycles. The quantitative estimate of drug-likeness (QED) is 0.929. The topological polar surface area (TPSA) is 55.6 Å². The zero-order valence-corrected chi connectivity index (χ0v) is 12.7. The monoisotopic (exact) mass is 296 g/mol. The van der Waals surface area contributed by atoms with Crippen molar-refractivity contribution in [3.05, 3.63) is 28.8 Å². The molecule has 0 spiro atoms. The van der Waals surface area contributed by atoms with Crippen LogP contribution in [0.2, 0.25) is 5.02 Å². The molecule has 20 heavy (non-hydrogen) atoms. The van der Waals surface area contributed by atoms with Gasteiger partial charge in [0.2, 0.25) is 0 Å². The number of hydrogen-bond donors (Lipinski definition) is 1. The Morgan fingerprint density at radius 3 is 2.60 bits per heavy atom. The van der Waals surface area contributed by atoms with Crippen LogP contribution in [0, 0.1) is 0 Å². The number of likely N-dealkylation sites (tertiary alicyclic amines) is 1. The lowest BCUT2D eigenvalue weighted by Crippen LogP contribution is -2.38. The van der Waals surface area contributed by atoms with Crippen molar-refractivity contribution in [1.29, 1.82) is 0 Å². The SMILES string of the molecule is CC(Oc1ccc(Cl)cc1[C@@H](C)N)C(=O)N1CCCC1. The maximum absolute atomic E-state index is 12.2. The van der Waals surface area contributed by atoms with E-state index in [1.54, 1.807) is 25.1 Å². The molecular weight excluding hydrogens is 276 g/mol. The largest absolute Gasteiger partial charge is 0.481 e. The van der Waals surface area contributed by atoms with Crippen LogP contribution in [0.25, 0.3) is 0 Å². The van der Waals surface area contributed by atoms with Crippen molar-refractivity contribution in [3.8, 4) is 5.75 Å². The van der Waals surface area contributed by atoms with Gasteiger partial charge in [-0.2, -0.15) is 0 Å². The number of carbonyl (C=O) groups is 1. The van der Waals surface area contributed by atoms with Crippen LogP contribution in [-0.4, -0.2) is 30.0 Å². The predicted molar refractivity (Wildman–Crippen MR) is 80.0 cm³/mol. The van der Waals surface area contributed by atoms with Crippen molar-refractivity contribution in [3.63, 3.8) is 0 Å². The van der Waals surface area contributed by atoms with E-state index in [4.69, 9.17) is 22.1 Å². The van der Waals surface area contributed by atoms with Crippen LogP contribution in [0.5, 0.6) is 5.75 Å². The van der Waals surface area contributed by atoms with E-state index in [0.29, 0.717) is 10.8 Å². The fraction of sp³-hybridized carbons (Fsp3) is 0.533. The van der Waals surface area contributed by atoms with E-state index in [9.17, 15) is 4.79 Å². The third-order valence-electron chi connectivity index (χ3n) is 3.53. The fourth-order valence-corrected chi connectivity index (χ4v) is 2.60. The molecule has 1 aromatic rings. The molecule has 0 saturated carbocycles. The van der Waals surface area contributed by atoms with Crippen LogP contribution in [0.4, 0.5) is 0 Å². The summed E-state index contributed by atoms with van der Waals surface area (Å²) in [7, 11) is 0. The molecule has 2 atom stereocenters. The van der Waals surface area contributed by atoms with Crippen molar-refractivity contribution in [2.24, 2.45) is 5.73 Å². The normalized spacial score (nSPS) is 17.9. The van der Waals surface area contributed by atoms with E-state index in [2.05, 4.69) is 0 Å². The highest BCUT2D eigenvalue weighted by Gasteiger charge is 2.25. The second-order valence-electron chi connectivity index (χ2n) is 5.26. The second-order valence-corrected chi connectivity index (χ2v) is 5.70. The van der Waals surface area contributed by atoms with Gasteiger partial charge in [-0.3, -0.25) is 4.79 Å². The molecule has 1 fully saturated rings. The number of ether oxygens (including phenoxy) is 1. The Kier molecular flexibility index (Phi) is 4.89. The van der Waals surface area contributed by atoms with Crippen LogP contribution in [-0.2, 0) is 4.79 Å². The first-order valence-electron chi connectivity index (χ1n) is 6.99. The molecule has 2 N–H and O–H groups in total. The van der Waals surface area contributed by atoms with Gasteiger partial charge in [0.25, 0.3) is 5.91 Å². The van der Waals surface area contributed by atoms with Crippen molar-refractivity contribution in [1.82, 2.24) is 4.90 Å². The van der Waals surface area contributed by atoms with Gasteiger partial charge >= 0.3 is 0 Å². The Morgan fingerprint density at radius 2 is 2.00 bits per heavy atom. The number of nitrogens with two attached hydrogens (primary N) is 1. The maximum atomic E-state index is 12.2. The van der Waals surface area contributed by atoms with Crippen molar-refractivity contribution in [2.45, 2.75) is 38.8 Å². The number of amides is 1. The molecule has 1 aliphatic heterocycles. The molecule has 5 heteroatoms. The molecule has 1 amide bonds. The van der Waals surface area contributed by atoms with E-state index >= 15 is 0 Å². The number of nitrogens with zero attached hydrogens (tertiary/aromatic N) is 1. The second kappa shape index (κ2) is 6.46. The Labute approximate surface area is 124 Å². The number of benzene rings is 1. The van der Waals surface area contributed by atoms with Gasteiger partial charge in [0.15, 0.2) is 6.10 Å². The van der Waals surface area contributed by atoms with Gasteiger partial charge in [0.05, 0.1) is 0 Å². The maximum Gasteiger partial charge on any atom is 0.263 e. The van der Waals surface area contributed by atoms with Gasteiger partial charge in [-0.15, -0.1) is 0 Å². The Bertz CT molecular complexity index is 485. The molecule has 2 rings (SSSR count). The first-order valence-corrected chi connectivity index (χ1v) is 7.37. The third kappa shape index (κ3) is 3.44. The molecule has 110 valence electrons. The summed E-state index contributed by atoms with van der Waals surface area (Å²) in [6, 6.07) is 5.11. The van der Waals surface area contributed by atoms with Crippen LogP contribution in [0.3, 0.4) is 0 Å². The third-order valence-corrected chi connectivity index (χ3v) is 3.77. The molecule has 1 aromatic carbocycles. The van der Waals surface area contributed by atoms with Crippen molar-refractivity contribution < 1.29 is 9.53 Å². The lowest BCUT2D eigenvalue weighted by atomic mass is 10.1. The highest BCUT2D eigenvalue weighted by molar-refractivity contribution is 6.30. The summed E-state index contributed by atoms with van der Waals surface area (Å²) < 4.78 is 5.81. The van der Waals surface area contributed by atoms with Crippen LogP contribution in [0.1, 0.15) is 38.3 Å². The summed E-state index contributed by atoms with van der Waals surface area (Å²) in [5, 5.41) is 0.614. The van der Waals surface area contributed by atoms with Gasteiger partial charge in [0, 0.05) is 29.7 Å². The average molecular weight is 297 g/mol. The molecule has 0 bridgehead atoms. The number of carbonyl (C=O) groups excluding carboxylic acids is 1. The van der Waals surface area contributed by atoms with Gasteiger partial charge < -0.3 is 15.4 Å². The Hall–Kier alpha value is -1.26. The number of hydrogen-bond acceptors (Lipinski definition) is 3. The molecule has 0 aliphatic carbocycles. The highest BCUT2D eigenvalue weighted by atomic mass is 35.5. The number of halogens is 1. The minimum absolute atomic E-state index is 0.0353. The minimum atomic E-state index is -0.508. The molecule has 1 unspecified atom stereocenters. The summed E-state index contributed by atoms with van der Waals surface area (Å²) >= 11 is 5.98. The number of rotatable bonds is 4. The molecule has 0 radical (unpaired) electrons. The van der Waals surface area contributed by atoms with E-state index in [1.165, 1.54) is 0 Å². The summed E-state index contributed by atoms with van der Waals surface area (Å²) in [6.45, 7) is 5.30. The fourth-order valence-electron chi connectivity index (χ4n) is 2.42. The zero-order valence-electron chi connectivity index (χ0n) is 11.9. The summed E-state index contributed by atoms with van der Waals surface area (Å²) in [5.74, 6) is 0.664. The standard InChI is InChI=1S/C15H21ClN2O2/c1-10(17)13-9-12(16)5-6-14(13)20-11(2)15(19)18-7-3-4-8-18/h5-6,9-11H,3-4,7-8,17H2,1-2H3/t10-,11?/m1/s1. The molecule has 1 aliphatic rings. The highest BCUT2D eigenvalue weighted by Crippen LogP contribution is 2.28. The van der Waals surface area contributed by atoms with E-state index in [-0.39, 0.29) is 11.9 Å². The predicted octanol–water partition coefficient (Wildman–Crippen LogP) is 2.75. The summed E-state index contributed by atoms with van der Waals surface area (Å²) in [5.41, 5.74) is 6.74. The van der Waals surface area contributed by atoms with Crippen LogP contribution < -0.4 is 10.5 Å². The minimum Gasteiger partial charge on any atom is -0.481 e. The molecule has 0 aromatic heterocycles. The molecule has 4 nitrogen and oxygen atoms in total. The summed E-state index contributed by atoms with van der Waals surface area (Å²) in [6.07, 6.45) is 1.64. The van der Waals surface area contributed by atoms with E-state index in [0.717, 1.165) is 31.5 Å². The van der Waals surface area contributed by atoms with Crippen molar-refractivity contribution in [2.75, 3.05) is 13.1 Å². The summed E-state index contributed by atoms with van der Waals surface area (Å²) in [4.78, 5) is 14.1. The smallest absolute Gasteiger partial charge is 0.263 e. The molecule has 1 heterocycles. The Balaban J connectivity index is 2.10. The molecular formula is C15H21ClN2O2. The van der Waals surface area contributed by atoms with Gasteiger partial charge in [0.1, 0.15) is 5.75 Å². The van der Waals surface area contributed by atoms with E-state index in [1.807, 2.05) is 11.8 Å². The van der Waals surface area contributed by atoms with Gasteiger partial charge in [-0.25, -0.2) is 0 Å². The first kappa shape index (κ1) is 15.1. The van der Waals surface area contributed by atoms with Crippen molar-refractivity contribution >= 4 is 17.5 Å². The van der Waals surface area contributed by atoms with E-state index < -0.39 is 6.10 Å². The van der Waals surface area contributed by atoms with Gasteiger partial charge in [-0.1, -0.05) is 11.6 Å². The lowest BCUT2D eigenvalue weighted by molar-refractivity contribution is -0.136. The Morgan fingerprint density at radius 1 is 1.35 bits per heavy atom. The first-order chi connectivity index (χ1) is 9.49.